The van der Waals surface area contributed by atoms with E-state index in [2.05, 4.69) is 24.2 Å². The highest BCUT2D eigenvalue weighted by atomic mass is 35.5. The van der Waals surface area contributed by atoms with Gasteiger partial charge in [0.05, 0.1) is 5.69 Å². The van der Waals surface area contributed by atoms with Gasteiger partial charge in [-0.2, -0.15) is 0 Å². The first-order chi connectivity index (χ1) is 8.65. The fraction of sp³-hybridized carbons (Fsp3) is 0.357. The quantitative estimate of drug-likeness (QED) is 0.854. The molecular weight excluding hydrogens is 248 g/mol. The number of rotatable bonds is 1. The molecule has 1 heterocycles. The lowest BCUT2D eigenvalue weighted by atomic mass is 9.77. The summed E-state index contributed by atoms with van der Waals surface area (Å²) in [6.07, 6.45) is 2.01. The molecule has 18 heavy (non-hydrogen) atoms. The van der Waals surface area contributed by atoms with Crippen molar-refractivity contribution in [3.63, 3.8) is 0 Å². The van der Waals surface area contributed by atoms with Crippen LogP contribution in [0.2, 0.25) is 5.02 Å². The van der Waals surface area contributed by atoms with Crippen molar-refractivity contribution in [1.82, 2.24) is 5.16 Å². The summed E-state index contributed by atoms with van der Waals surface area (Å²) >= 11 is 5.93. The van der Waals surface area contributed by atoms with Crippen molar-refractivity contribution >= 4 is 17.5 Å². The Kier molecular flexibility index (Phi) is 2.78. The van der Waals surface area contributed by atoms with E-state index >= 15 is 0 Å². The fourth-order valence-corrected chi connectivity index (χ4v) is 2.92. The van der Waals surface area contributed by atoms with Gasteiger partial charge in [-0.05, 0) is 36.5 Å². The largest absolute Gasteiger partial charge is 0.367 e. The number of anilines is 1. The van der Waals surface area contributed by atoms with Gasteiger partial charge in [0.25, 0.3) is 0 Å². The Hall–Kier alpha value is -1.48. The van der Waals surface area contributed by atoms with Gasteiger partial charge >= 0.3 is 0 Å². The minimum absolute atomic E-state index is 0.271. The summed E-state index contributed by atoms with van der Waals surface area (Å²) in [7, 11) is 0. The van der Waals surface area contributed by atoms with Gasteiger partial charge in [0.15, 0.2) is 0 Å². The second kappa shape index (κ2) is 4.32. The molecule has 3 nitrogen and oxygen atoms in total. The van der Waals surface area contributed by atoms with Crippen LogP contribution in [0, 0.1) is 5.92 Å². The second-order valence-corrected chi connectivity index (χ2v) is 5.49. The van der Waals surface area contributed by atoms with Crippen LogP contribution >= 0.6 is 11.6 Å². The number of aromatic nitrogens is 1. The van der Waals surface area contributed by atoms with Crippen molar-refractivity contribution in [2.24, 2.45) is 5.92 Å². The van der Waals surface area contributed by atoms with Crippen LogP contribution in [0.3, 0.4) is 0 Å². The number of hydrogen-bond acceptors (Lipinski definition) is 3. The zero-order chi connectivity index (χ0) is 12.7. The van der Waals surface area contributed by atoms with Crippen molar-refractivity contribution in [3.05, 3.63) is 46.1 Å². The highest BCUT2D eigenvalue weighted by Gasteiger charge is 2.31. The molecular formula is C14H15ClN2O. The maximum absolute atomic E-state index is 5.93. The Labute approximate surface area is 111 Å². The van der Waals surface area contributed by atoms with Crippen LogP contribution < -0.4 is 5.73 Å². The maximum atomic E-state index is 5.93. The number of hydrogen-bond donors (Lipinski definition) is 1. The van der Waals surface area contributed by atoms with Crippen molar-refractivity contribution in [3.8, 4) is 0 Å². The zero-order valence-corrected chi connectivity index (χ0v) is 10.9. The first kappa shape index (κ1) is 11.6. The molecule has 2 aromatic rings. The van der Waals surface area contributed by atoms with Gasteiger partial charge in [-0.15, -0.1) is 0 Å². The summed E-state index contributed by atoms with van der Waals surface area (Å²) in [5, 5.41) is 4.82. The Morgan fingerprint density at radius 1 is 1.33 bits per heavy atom. The minimum Gasteiger partial charge on any atom is -0.367 e. The van der Waals surface area contributed by atoms with Gasteiger partial charge in [0.1, 0.15) is 0 Å². The standard InChI is InChI=1S/C14H15ClN2O/c1-8-6-11(9-2-4-10(15)5-3-9)13-12(7-8)17-18-14(13)16/h2-5,8,11H,6-7,16H2,1H3. The lowest BCUT2D eigenvalue weighted by molar-refractivity contribution is 0.413. The molecule has 1 aliphatic carbocycles. The van der Waals surface area contributed by atoms with E-state index in [1.807, 2.05) is 12.1 Å². The average molecular weight is 263 g/mol. The average Bonchev–Trinajstić information content (AvgIpc) is 2.71. The van der Waals surface area contributed by atoms with Crippen LogP contribution in [0.5, 0.6) is 0 Å². The monoisotopic (exact) mass is 262 g/mol. The van der Waals surface area contributed by atoms with Gasteiger partial charge in [-0.25, -0.2) is 0 Å². The summed E-state index contributed by atoms with van der Waals surface area (Å²) in [5.74, 6) is 1.31. The first-order valence-electron chi connectivity index (χ1n) is 6.14. The van der Waals surface area contributed by atoms with Gasteiger partial charge in [0.2, 0.25) is 5.88 Å². The van der Waals surface area contributed by atoms with Crippen molar-refractivity contribution in [2.45, 2.75) is 25.7 Å². The second-order valence-electron chi connectivity index (χ2n) is 5.06. The summed E-state index contributed by atoms with van der Waals surface area (Å²) in [6.45, 7) is 2.23. The molecule has 4 heteroatoms. The van der Waals surface area contributed by atoms with Crippen LogP contribution in [-0.4, -0.2) is 5.16 Å². The zero-order valence-electron chi connectivity index (χ0n) is 10.2. The Bertz CT molecular complexity index is 562. The molecule has 94 valence electrons. The van der Waals surface area contributed by atoms with Crippen molar-refractivity contribution in [2.75, 3.05) is 5.73 Å². The van der Waals surface area contributed by atoms with E-state index in [0.717, 1.165) is 29.1 Å². The minimum atomic E-state index is 0.271. The number of nitrogens with two attached hydrogens (primary N) is 1. The molecule has 0 bridgehead atoms. The molecule has 2 atom stereocenters. The molecule has 2 unspecified atom stereocenters. The molecule has 1 aromatic heterocycles. The van der Waals surface area contributed by atoms with Gasteiger partial charge in [-0.3, -0.25) is 0 Å². The predicted molar refractivity (Wildman–Crippen MR) is 71.7 cm³/mol. The summed E-state index contributed by atoms with van der Waals surface area (Å²) in [4.78, 5) is 0. The molecule has 1 aliphatic rings. The summed E-state index contributed by atoms with van der Waals surface area (Å²) < 4.78 is 5.14. The number of nitrogens with zero attached hydrogens (tertiary/aromatic N) is 1. The lowest BCUT2D eigenvalue weighted by Gasteiger charge is -2.26. The van der Waals surface area contributed by atoms with Crippen molar-refractivity contribution < 1.29 is 4.52 Å². The molecule has 0 fully saturated rings. The Balaban J connectivity index is 2.06. The normalized spacial score (nSPS) is 22.8. The predicted octanol–water partition coefficient (Wildman–Crippen LogP) is 3.62. The maximum Gasteiger partial charge on any atom is 0.226 e. The van der Waals surface area contributed by atoms with Crippen LogP contribution in [0.25, 0.3) is 0 Å². The fourth-order valence-electron chi connectivity index (χ4n) is 2.80. The number of fused-ring (bicyclic) bond motifs is 1. The van der Waals surface area contributed by atoms with Gasteiger partial charge in [-0.1, -0.05) is 35.8 Å². The molecule has 0 amide bonds. The molecule has 2 N–H and O–H groups in total. The van der Waals surface area contributed by atoms with Crippen LogP contribution in [0.4, 0.5) is 5.88 Å². The molecule has 0 aliphatic heterocycles. The third kappa shape index (κ3) is 1.89. The number of nitrogen functional groups attached to an aromatic ring is 1. The molecule has 0 spiro atoms. The lowest BCUT2D eigenvalue weighted by Crippen LogP contribution is -2.17. The van der Waals surface area contributed by atoms with Gasteiger partial charge < -0.3 is 10.3 Å². The Morgan fingerprint density at radius 3 is 2.78 bits per heavy atom. The van der Waals surface area contributed by atoms with Crippen LogP contribution in [0.15, 0.2) is 28.8 Å². The van der Waals surface area contributed by atoms with E-state index in [-0.39, 0.29) is 5.92 Å². The van der Waals surface area contributed by atoms with E-state index in [0.29, 0.717) is 11.8 Å². The van der Waals surface area contributed by atoms with E-state index < -0.39 is 0 Å². The molecule has 0 saturated carbocycles. The molecule has 0 saturated heterocycles. The van der Waals surface area contributed by atoms with Crippen LogP contribution in [-0.2, 0) is 6.42 Å². The Morgan fingerprint density at radius 2 is 2.06 bits per heavy atom. The SMILES string of the molecule is CC1Cc2noc(N)c2C(c2ccc(Cl)cc2)C1. The molecule has 0 radical (unpaired) electrons. The summed E-state index contributed by atoms with van der Waals surface area (Å²) in [6, 6.07) is 7.95. The smallest absolute Gasteiger partial charge is 0.226 e. The highest BCUT2D eigenvalue weighted by Crippen LogP contribution is 2.41. The van der Waals surface area contributed by atoms with Crippen LogP contribution in [0.1, 0.15) is 36.1 Å². The molecule has 3 rings (SSSR count). The van der Waals surface area contributed by atoms with E-state index in [4.69, 9.17) is 21.9 Å². The van der Waals surface area contributed by atoms with E-state index in [1.54, 1.807) is 0 Å². The van der Waals surface area contributed by atoms with Gasteiger partial charge in [0, 0.05) is 16.5 Å². The third-order valence-corrected chi connectivity index (χ3v) is 3.88. The van der Waals surface area contributed by atoms with E-state index in [9.17, 15) is 0 Å². The number of halogens is 1. The topological polar surface area (TPSA) is 52.0 Å². The molecule has 1 aromatic carbocycles. The first-order valence-corrected chi connectivity index (χ1v) is 6.52. The van der Waals surface area contributed by atoms with Crippen molar-refractivity contribution in [1.29, 1.82) is 0 Å². The summed E-state index contributed by atoms with van der Waals surface area (Å²) in [5.41, 5.74) is 9.20. The number of benzene rings is 1. The van der Waals surface area contributed by atoms with E-state index in [1.165, 1.54) is 5.56 Å². The highest BCUT2D eigenvalue weighted by molar-refractivity contribution is 6.30. The third-order valence-electron chi connectivity index (χ3n) is 3.63.